The van der Waals surface area contributed by atoms with Gasteiger partial charge in [0, 0.05) is 11.0 Å². The first-order valence-electron chi connectivity index (χ1n) is 6.76. The number of carboxylic acid groups (broad SMARTS) is 1. The van der Waals surface area contributed by atoms with Crippen LogP contribution in [0.2, 0.25) is 0 Å². The molecule has 0 saturated heterocycles. The first-order valence-corrected chi connectivity index (χ1v) is 7.55. The largest absolute Gasteiger partial charge is 0.487 e. The Morgan fingerprint density at radius 1 is 1.38 bits per heavy atom. The van der Waals surface area contributed by atoms with E-state index in [1.54, 1.807) is 12.1 Å². The number of aromatic carboxylic acids is 1. The third kappa shape index (κ3) is 3.64. The summed E-state index contributed by atoms with van der Waals surface area (Å²) < 4.78 is 8.13. The van der Waals surface area contributed by atoms with Crippen molar-refractivity contribution in [2.24, 2.45) is 0 Å². The van der Waals surface area contributed by atoms with Gasteiger partial charge in [-0.25, -0.2) is 4.79 Å². The summed E-state index contributed by atoms with van der Waals surface area (Å²) in [7, 11) is 0. The fraction of sp³-hybridized carbons (Fsp3) is 0.333. The summed E-state index contributed by atoms with van der Waals surface area (Å²) in [4.78, 5) is 11.1. The SMILES string of the molecule is CCc1cc(COc2ccc(Br)c(C(=O)O)c2)n(CC)n1. The molecule has 0 fully saturated rings. The summed E-state index contributed by atoms with van der Waals surface area (Å²) in [6.07, 6.45) is 0.876. The molecule has 0 radical (unpaired) electrons. The van der Waals surface area contributed by atoms with Gasteiger partial charge in [-0.05, 0) is 53.5 Å². The van der Waals surface area contributed by atoms with Gasteiger partial charge in [-0.2, -0.15) is 5.10 Å². The number of benzene rings is 1. The van der Waals surface area contributed by atoms with E-state index in [0.717, 1.165) is 24.4 Å². The molecule has 21 heavy (non-hydrogen) atoms. The highest BCUT2D eigenvalue weighted by atomic mass is 79.9. The summed E-state index contributed by atoms with van der Waals surface area (Å²) >= 11 is 3.21. The summed E-state index contributed by atoms with van der Waals surface area (Å²) in [5, 5.41) is 13.5. The lowest BCUT2D eigenvalue weighted by atomic mass is 10.2. The highest BCUT2D eigenvalue weighted by Gasteiger charge is 2.11. The van der Waals surface area contributed by atoms with Gasteiger partial charge in [0.05, 0.1) is 17.0 Å². The zero-order chi connectivity index (χ0) is 15.4. The zero-order valence-corrected chi connectivity index (χ0v) is 13.6. The third-order valence-electron chi connectivity index (χ3n) is 3.13. The topological polar surface area (TPSA) is 64.3 Å². The van der Waals surface area contributed by atoms with Gasteiger partial charge >= 0.3 is 5.97 Å². The molecule has 0 aliphatic carbocycles. The van der Waals surface area contributed by atoms with Crippen molar-refractivity contribution in [3.63, 3.8) is 0 Å². The highest BCUT2D eigenvalue weighted by molar-refractivity contribution is 9.10. The fourth-order valence-electron chi connectivity index (χ4n) is 1.99. The van der Waals surface area contributed by atoms with E-state index in [4.69, 9.17) is 9.84 Å². The van der Waals surface area contributed by atoms with Gasteiger partial charge in [0.15, 0.2) is 0 Å². The van der Waals surface area contributed by atoms with E-state index in [0.29, 0.717) is 16.8 Å². The van der Waals surface area contributed by atoms with Crippen LogP contribution in [-0.4, -0.2) is 20.9 Å². The molecule has 0 aliphatic rings. The third-order valence-corrected chi connectivity index (χ3v) is 3.82. The summed E-state index contributed by atoms with van der Waals surface area (Å²) in [5.74, 6) is -0.461. The van der Waals surface area contributed by atoms with Crippen LogP contribution in [0.1, 0.15) is 35.6 Å². The highest BCUT2D eigenvalue weighted by Crippen LogP contribution is 2.23. The maximum absolute atomic E-state index is 11.1. The summed E-state index contributed by atoms with van der Waals surface area (Å²) in [6, 6.07) is 6.94. The Morgan fingerprint density at radius 2 is 2.14 bits per heavy atom. The molecule has 1 heterocycles. The molecule has 2 aromatic rings. The Balaban J connectivity index is 2.14. The maximum atomic E-state index is 11.1. The van der Waals surface area contributed by atoms with Gasteiger partial charge in [0.1, 0.15) is 12.4 Å². The number of halogens is 1. The van der Waals surface area contributed by atoms with E-state index >= 15 is 0 Å². The monoisotopic (exact) mass is 352 g/mol. The normalized spacial score (nSPS) is 10.6. The van der Waals surface area contributed by atoms with Crippen molar-refractivity contribution in [3.8, 4) is 5.75 Å². The molecule has 1 aromatic heterocycles. The lowest BCUT2D eigenvalue weighted by molar-refractivity contribution is 0.0695. The van der Waals surface area contributed by atoms with Crippen molar-refractivity contribution in [2.45, 2.75) is 33.4 Å². The molecule has 1 N–H and O–H groups in total. The number of rotatable bonds is 6. The Kier molecular flexibility index (Phi) is 5.01. The van der Waals surface area contributed by atoms with Crippen molar-refractivity contribution in [3.05, 3.63) is 45.7 Å². The minimum atomic E-state index is -0.987. The Labute approximate surface area is 131 Å². The van der Waals surface area contributed by atoms with Crippen molar-refractivity contribution < 1.29 is 14.6 Å². The molecule has 5 nitrogen and oxygen atoms in total. The van der Waals surface area contributed by atoms with Crippen LogP contribution in [0.5, 0.6) is 5.75 Å². The van der Waals surface area contributed by atoms with Crippen LogP contribution in [0.15, 0.2) is 28.7 Å². The van der Waals surface area contributed by atoms with Crippen LogP contribution in [0.25, 0.3) is 0 Å². The molecule has 0 unspecified atom stereocenters. The minimum absolute atomic E-state index is 0.186. The van der Waals surface area contributed by atoms with Gasteiger partial charge in [-0.3, -0.25) is 4.68 Å². The molecule has 0 bridgehead atoms. The average molecular weight is 353 g/mol. The van der Waals surface area contributed by atoms with Crippen LogP contribution in [0.3, 0.4) is 0 Å². The average Bonchev–Trinajstić information content (AvgIpc) is 2.88. The number of aromatic nitrogens is 2. The Bertz CT molecular complexity index is 652. The molecule has 112 valence electrons. The number of ether oxygens (including phenoxy) is 1. The Hall–Kier alpha value is -1.82. The number of nitrogens with zero attached hydrogens (tertiary/aromatic N) is 2. The van der Waals surface area contributed by atoms with Crippen LogP contribution in [0.4, 0.5) is 0 Å². The van der Waals surface area contributed by atoms with E-state index in [1.165, 1.54) is 6.07 Å². The lowest BCUT2D eigenvalue weighted by Gasteiger charge is -2.09. The number of hydrogen-bond donors (Lipinski definition) is 1. The smallest absolute Gasteiger partial charge is 0.336 e. The van der Waals surface area contributed by atoms with Crippen molar-refractivity contribution in [1.82, 2.24) is 9.78 Å². The van der Waals surface area contributed by atoms with Crippen LogP contribution in [0, 0.1) is 0 Å². The van der Waals surface area contributed by atoms with E-state index in [2.05, 4.69) is 28.0 Å². The quantitative estimate of drug-likeness (QED) is 0.863. The van der Waals surface area contributed by atoms with Gasteiger partial charge in [0.25, 0.3) is 0 Å². The predicted octanol–water partition coefficient (Wildman–Crippen LogP) is 3.51. The number of aryl methyl sites for hydroxylation is 2. The molecule has 2 rings (SSSR count). The Morgan fingerprint density at radius 3 is 2.76 bits per heavy atom. The van der Waals surface area contributed by atoms with Crippen molar-refractivity contribution in [2.75, 3.05) is 0 Å². The van der Waals surface area contributed by atoms with Gasteiger partial charge in [0.2, 0.25) is 0 Å². The number of hydrogen-bond acceptors (Lipinski definition) is 3. The van der Waals surface area contributed by atoms with Gasteiger partial charge in [-0.15, -0.1) is 0 Å². The van der Waals surface area contributed by atoms with Gasteiger partial charge in [-0.1, -0.05) is 6.92 Å². The van der Waals surface area contributed by atoms with Crippen LogP contribution < -0.4 is 4.74 Å². The van der Waals surface area contributed by atoms with Crippen molar-refractivity contribution >= 4 is 21.9 Å². The molecule has 6 heteroatoms. The standard InChI is InChI=1S/C15H17BrN2O3/c1-3-10-7-11(18(4-2)17-10)9-21-12-5-6-14(16)13(8-12)15(19)20/h5-8H,3-4,9H2,1-2H3,(H,19,20). The molecular formula is C15H17BrN2O3. The summed E-state index contributed by atoms with van der Waals surface area (Å²) in [5.41, 5.74) is 2.19. The van der Waals surface area contributed by atoms with Gasteiger partial charge < -0.3 is 9.84 Å². The molecule has 0 amide bonds. The van der Waals surface area contributed by atoms with E-state index in [-0.39, 0.29) is 5.56 Å². The predicted molar refractivity (Wildman–Crippen MR) is 82.7 cm³/mol. The van der Waals surface area contributed by atoms with Crippen molar-refractivity contribution in [1.29, 1.82) is 0 Å². The molecule has 0 atom stereocenters. The molecule has 0 aliphatic heterocycles. The van der Waals surface area contributed by atoms with E-state index < -0.39 is 5.97 Å². The second-order valence-electron chi connectivity index (χ2n) is 4.53. The second kappa shape index (κ2) is 6.76. The first-order chi connectivity index (χ1) is 10.0. The molecule has 0 saturated carbocycles. The second-order valence-corrected chi connectivity index (χ2v) is 5.39. The van der Waals surface area contributed by atoms with Crippen LogP contribution in [-0.2, 0) is 19.6 Å². The maximum Gasteiger partial charge on any atom is 0.336 e. The van der Waals surface area contributed by atoms with Crippen LogP contribution >= 0.6 is 15.9 Å². The minimum Gasteiger partial charge on any atom is -0.487 e. The van der Waals surface area contributed by atoms with E-state index in [9.17, 15) is 4.79 Å². The van der Waals surface area contributed by atoms with E-state index in [1.807, 2.05) is 17.7 Å². The molecule has 1 aromatic carbocycles. The first kappa shape index (κ1) is 15.6. The zero-order valence-electron chi connectivity index (χ0n) is 12.0. The fourth-order valence-corrected chi connectivity index (χ4v) is 2.41. The lowest BCUT2D eigenvalue weighted by Crippen LogP contribution is -2.06. The molecule has 0 spiro atoms. The molecular weight excluding hydrogens is 336 g/mol. The number of carboxylic acids is 1. The number of carbonyl (C=O) groups is 1. The summed E-state index contributed by atoms with van der Waals surface area (Å²) in [6.45, 7) is 5.22.